The van der Waals surface area contributed by atoms with Crippen molar-refractivity contribution in [1.82, 2.24) is 9.36 Å². The normalized spacial score (nSPS) is 16.2. The number of benzene rings is 2. The number of anilines is 1. The van der Waals surface area contributed by atoms with Crippen molar-refractivity contribution in [3.05, 3.63) is 88.4 Å². The third kappa shape index (κ3) is 2.57. The topological polar surface area (TPSA) is 71.0 Å². The number of hydrogen-bond donors (Lipinski definition) is 0. The van der Waals surface area contributed by atoms with Crippen molar-refractivity contribution in [2.45, 2.75) is 6.92 Å². The van der Waals surface area contributed by atoms with E-state index in [0.717, 1.165) is 5.56 Å². The fourth-order valence-corrected chi connectivity index (χ4v) is 3.53. The largest absolute Gasteiger partial charge is 0.296 e. The number of carbonyl (C=O) groups excluding carboxylic acids is 1. The summed E-state index contributed by atoms with van der Waals surface area (Å²) in [6.45, 7) is 1.80. The smallest absolute Gasteiger partial charge is 0.283 e. The quantitative estimate of drug-likeness (QED) is 0.711. The predicted molar refractivity (Wildman–Crippen MR) is 107 cm³/mol. The van der Waals surface area contributed by atoms with E-state index < -0.39 is 11.8 Å². The van der Waals surface area contributed by atoms with Crippen LogP contribution in [0.15, 0.2) is 71.5 Å². The molecule has 1 unspecified atom stereocenters. The summed E-state index contributed by atoms with van der Waals surface area (Å²) in [5.74, 6) is -1.33. The van der Waals surface area contributed by atoms with Gasteiger partial charge < -0.3 is 0 Å². The molecule has 0 saturated heterocycles. The number of aromatic nitrogens is 2. The van der Waals surface area contributed by atoms with Gasteiger partial charge in [-0.25, -0.2) is 4.68 Å². The summed E-state index contributed by atoms with van der Waals surface area (Å²) in [7, 11) is 1.78. The van der Waals surface area contributed by atoms with Crippen LogP contribution in [0, 0.1) is 24.2 Å². The number of hydrogen-bond acceptors (Lipinski definition) is 3. The Morgan fingerprint density at radius 1 is 0.964 bits per heavy atom. The van der Waals surface area contributed by atoms with E-state index in [4.69, 9.17) is 0 Å². The summed E-state index contributed by atoms with van der Waals surface area (Å²) in [5.41, 5.74) is 2.65. The Kier molecular flexibility index (Phi) is 4.21. The molecule has 0 N–H and O–H groups in total. The van der Waals surface area contributed by atoms with Gasteiger partial charge in [0.05, 0.1) is 23.1 Å². The van der Waals surface area contributed by atoms with E-state index in [-0.39, 0.29) is 11.2 Å². The molecule has 0 aliphatic carbocycles. The van der Waals surface area contributed by atoms with Crippen molar-refractivity contribution in [3.8, 4) is 11.8 Å². The first-order chi connectivity index (χ1) is 13.5. The molecule has 0 spiro atoms. The number of carbonyl (C=O) groups is 1. The van der Waals surface area contributed by atoms with Gasteiger partial charge in [0, 0.05) is 7.05 Å². The molecule has 3 aromatic rings. The first-order valence-electron chi connectivity index (χ1n) is 8.89. The molecular formula is C22H18N4O2. The molecule has 0 saturated carbocycles. The SMILES string of the molecule is Cc1c(N2C(=O)C(C#N)C=C2c2ccccc2)c(=O)n(-c2ccccc2)n1C. The van der Waals surface area contributed by atoms with Crippen molar-refractivity contribution in [1.29, 1.82) is 5.26 Å². The molecule has 2 aromatic carbocycles. The third-order valence-electron chi connectivity index (χ3n) is 5.01. The summed E-state index contributed by atoms with van der Waals surface area (Å²) < 4.78 is 3.25. The Balaban J connectivity index is 1.94. The van der Waals surface area contributed by atoms with E-state index >= 15 is 0 Å². The van der Waals surface area contributed by atoms with Crippen LogP contribution in [-0.2, 0) is 11.8 Å². The zero-order chi connectivity index (χ0) is 19.8. The van der Waals surface area contributed by atoms with Crippen LogP contribution in [0.25, 0.3) is 11.4 Å². The maximum Gasteiger partial charge on any atom is 0.296 e. The Hall–Kier alpha value is -3.85. The molecule has 138 valence electrons. The summed E-state index contributed by atoms with van der Waals surface area (Å²) in [4.78, 5) is 27.7. The number of nitrogens with zero attached hydrogens (tertiary/aromatic N) is 4. The Bertz CT molecular complexity index is 1180. The zero-order valence-corrected chi connectivity index (χ0v) is 15.5. The van der Waals surface area contributed by atoms with Gasteiger partial charge in [0.1, 0.15) is 11.6 Å². The minimum absolute atomic E-state index is 0.268. The molecule has 1 amide bonds. The van der Waals surface area contributed by atoms with Gasteiger partial charge in [-0.15, -0.1) is 0 Å². The number of amides is 1. The first-order valence-corrected chi connectivity index (χ1v) is 8.89. The van der Waals surface area contributed by atoms with Gasteiger partial charge >= 0.3 is 0 Å². The number of nitriles is 1. The lowest BCUT2D eigenvalue weighted by atomic mass is 10.1. The van der Waals surface area contributed by atoms with Crippen LogP contribution in [0.1, 0.15) is 11.3 Å². The lowest BCUT2D eigenvalue weighted by molar-refractivity contribution is -0.118. The fourth-order valence-electron chi connectivity index (χ4n) is 3.53. The maximum atomic E-state index is 13.4. The molecular weight excluding hydrogens is 352 g/mol. The van der Waals surface area contributed by atoms with Gasteiger partial charge in [0.15, 0.2) is 0 Å². The van der Waals surface area contributed by atoms with Crippen LogP contribution in [0.4, 0.5) is 5.69 Å². The second-order valence-corrected chi connectivity index (χ2v) is 6.61. The second-order valence-electron chi connectivity index (χ2n) is 6.61. The lowest BCUT2D eigenvalue weighted by Gasteiger charge is -2.19. The molecule has 1 aliphatic heterocycles. The van der Waals surface area contributed by atoms with Crippen molar-refractivity contribution >= 4 is 17.3 Å². The van der Waals surface area contributed by atoms with Crippen LogP contribution in [-0.4, -0.2) is 15.3 Å². The van der Waals surface area contributed by atoms with E-state index in [1.807, 2.05) is 66.7 Å². The Morgan fingerprint density at radius 3 is 2.18 bits per heavy atom. The van der Waals surface area contributed by atoms with Crippen molar-refractivity contribution in [3.63, 3.8) is 0 Å². The molecule has 28 heavy (non-hydrogen) atoms. The average Bonchev–Trinajstić information content (AvgIpc) is 3.16. The van der Waals surface area contributed by atoms with Crippen LogP contribution in [0.2, 0.25) is 0 Å². The van der Waals surface area contributed by atoms with Gasteiger partial charge in [-0.1, -0.05) is 48.5 Å². The Morgan fingerprint density at radius 2 is 1.57 bits per heavy atom. The molecule has 6 nitrogen and oxygen atoms in total. The minimum Gasteiger partial charge on any atom is -0.283 e. The van der Waals surface area contributed by atoms with Crippen LogP contribution in [0.5, 0.6) is 0 Å². The summed E-state index contributed by atoms with van der Waals surface area (Å²) in [6.07, 6.45) is 1.62. The van der Waals surface area contributed by atoms with Gasteiger partial charge in [0.2, 0.25) is 0 Å². The highest BCUT2D eigenvalue weighted by Gasteiger charge is 2.38. The molecule has 6 heteroatoms. The molecule has 0 radical (unpaired) electrons. The van der Waals surface area contributed by atoms with Gasteiger partial charge in [0.25, 0.3) is 11.5 Å². The predicted octanol–water partition coefficient (Wildman–Crippen LogP) is 3.01. The van der Waals surface area contributed by atoms with Crippen molar-refractivity contribution < 1.29 is 4.79 Å². The summed E-state index contributed by atoms with van der Waals surface area (Å²) in [5, 5.41) is 9.41. The van der Waals surface area contributed by atoms with E-state index in [9.17, 15) is 14.9 Å². The second kappa shape index (κ2) is 6.71. The van der Waals surface area contributed by atoms with Crippen molar-refractivity contribution in [2.75, 3.05) is 4.90 Å². The molecule has 2 heterocycles. The monoisotopic (exact) mass is 370 g/mol. The highest BCUT2D eigenvalue weighted by molar-refractivity contribution is 6.13. The molecule has 0 fully saturated rings. The minimum atomic E-state index is -0.917. The summed E-state index contributed by atoms with van der Waals surface area (Å²) in [6, 6.07) is 20.6. The van der Waals surface area contributed by atoms with Crippen molar-refractivity contribution in [2.24, 2.45) is 13.0 Å². The standard InChI is InChI=1S/C22H18N4O2/c1-15-20(22(28)26(24(15)2)18-11-7-4-8-12-18)25-19(13-17(14-23)21(25)27)16-9-5-3-6-10-16/h3-13,17H,1-2H3. The van der Waals surface area contributed by atoms with Crippen LogP contribution in [0.3, 0.4) is 0 Å². The number of rotatable bonds is 3. The highest BCUT2D eigenvalue weighted by atomic mass is 16.2. The lowest BCUT2D eigenvalue weighted by Crippen LogP contribution is -2.32. The van der Waals surface area contributed by atoms with Gasteiger partial charge in [-0.3, -0.25) is 19.2 Å². The van der Waals surface area contributed by atoms with E-state index in [2.05, 4.69) is 0 Å². The number of para-hydroxylation sites is 1. The first kappa shape index (κ1) is 17.6. The van der Waals surface area contributed by atoms with E-state index in [1.54, 1.807) is 24.7 Å². The van der Waals surface area contributed by atoms with Crippen LogP contribution < -0.4 is 10.5 Å². The highest BCUT2D eigenvalue weighted by Crippen LogP contribution is 2.34. The fraction of sp³-hybridized carbons (Fsp3) is 0.136. The Labute approximate surface area is 162 Å². The van der Waals surface area contributed by atoms with Crippen LogP contribution >= 0.6 is 0 Å². The molecule has 1 atom stereocenters. The van der Waals surface area contributed by atoms with Gasteiger partial charge in [-0.05, 0) is 30.7 Å². The van der Waals surface area contributed by atoms with Gasteiger partial charge in [-0.2, -0.15) is 5.26 Å². The maximum absolute atomic E-state index is 13.4. The van der Waals surface area contributed by atoms with E-state index in [1.165, 1.54) is 9.58 Å². The third-order valence-corrected chi connectivity index (χ3v) is 5.01. The summed E-state index contributed by atoms with van der Waals surface area (Å²) >= 11 is 0. The molecule has 4 rings (SSSR count). The van der Waals surface area contributed by atoms with E-state index in [0.29, 0.717) is 17.1 Å². The molecule has 1 aliphatic rings. The molecule has 0 bridgehead atoms. The molecule has 1 aromatic heterocycles. The average molecular weight is 370 g/mol. The zero-order valence-electron chi connectivity index (χ0n) is 15.5.